The Morgan fingerprint density at radius 2 is 1.96 bits per heavy atom. The number of nitrogens with one attached hydrogen (secondary N) is 2. The van der Waals surface area contributed by atoms with Gasteiger partial charge in [0.25, 0.3) is 0 Å². The molecule has 1 heterocycles. The van der Waals surface area contributed by atoms with Crippen molar-refractivity contribution in [3.05, 3.63) is 59.9 Å². The molecule has 0 spiro atoms. The summed E-state index contributed by atoms with van der Waals surface area (Å²) in [6.07, 6.45) is 3.05. The summed E-state index contributed by atoms with van der Waals surface area (Å²) >= 11 is 0. The number of nitrogens with zero attached hydrogens (tertiary/aromatic N) is 2. The third-order valence-corrected chi connectivity index (χ3v) is 2.86. The monoisotopic (exact) mass is 312 g/mol. The Hall–Kier alpha value is -3.22. The van der Waals surface area contributed by atoms with E-state index in [1.165, 1.54) is 6.21 Å². The molecular weight excluding hydrogens is 296 g/mol. The second-order valence-electron chi connectivity index (χ2n) is 4.48. The molecule has 0 aliphatic carbocycles. The summed E-state index contributed by atoms with van der Waals surface area (Å²) in [5.41, 5.74) is 3.59. The number of benzene rings is 1. The van der Waals surface area contributed by atoms with E-state index in [1.54, 1.807) is 55.8 Å². The average Bonchev–Trinajstić information content (AvgIpc) is 2.61. The van der Waals surface area contributed by atoms with Crippen LogP contribution >= 0.6 is 0 Å². The minimum absolute atomic E-state index is 0.176. The van der Waals surface area contributed by atoms with Crippen LogP contribution in [-0.2, 0) is 16.1 Å². The maximum atomic E-state index is 11.6. The van der Waals surface area contributed by atoms with Crippen LogP contribution in [0.5, 0.6) is 5.75 Å². The van der Waals surface area contributed by atoms with Gasteiger partial charge in [0, 0.05) is 6.20 Å². The Balaban J connectivity index is 1.79. The number of aromatic nitrogens is 1. The fourth-order valence-electron chi connectivity index (χ4n) is 1.66. The SMILES string of the molecule is COc1ccc(C=NNC(=O)C(=O)NCc2ccccn2)cc1. The Morgan fingerprint density at radius 3 is 2.61 bits per heavy atom. The first-order valence-corrected chi connectivity index (χ1v) is 6.84. The van der Waals surface area contributed by atoms with Gasteiger partial charge in [-0.3, -0.25) is 14.6 Å². The van der Waals surface area contributed by atoms with E-state index in [4.69, 9.17) is 4.74 Å². The van der Waals surface area contributed by atoms with E-state index in [0.717, 1.165) is 11.3 Å². The quantitative estimate of drug-likeness (QED) is 0.486. The van der Waals surface area contributed by atoms with Crippen LogP contribution in [-0.4, -0.2) is 30.1 Å². The van der Waals surface area contributed by atoms with Crippen molar-refractivity contribution in [1.29, 1.82) is 0 Å². The van der Waals surface area contributed by atoms with Crippen LogP contribution in [0.25, 0.3) is 0 Å². The second-order valence-corrected chi connectivity index (χ2v) is 4.48. The van der Waals surface area contributed by atoms with Crippen molar-refractivity contribution in [2.24, 2.45) is 5.10 Å². The second kappa shape index (κ2) is 8.28. The molecule has 0 aliphatic heterocycles. The average molecular weight is 312 g/mol. The highest BCUT2D eigenvalue weighted by atomic mass is 16.5. The number of hydrazone groups is 1. The summed E-state index contributed by atoms with van der Waals surface area (Å²) in [4.78, 5) is 27.2. The maximum absolute atomic E-state index is 11.6. The molecule has 2 N–H and O–H groups in total. The van der Waals surface area contributed by atoms with E-state index in [9.17, 15) is 9.59 Å². The zero-order valence-electron chi connectivity index (χ0n) is 12.5. The van der Waals surface area contributed by atoms with Crippen molar-refractivity contribution in [2.75, 3.05) is 7.11 Å². The van der Waals surface area contributed by atoms with Gasteiger partial charge in [-0.15, -0.1) is 0 Å². The molecule has 0 atom stereocenters. The van der Waals surface area contributed by atoms with Crippen molar-refractivity contribution in [2.45, 2.75) is 6.54 Å². The van der Waals surface area contributed by atoms with Crippen molar-refractivity contribution in [3.63, 3.8) is 0 Å². The van der Waals surface area contributed by atoms with Crippen LogP contribution in [0.2, 0.25) is 0 Å². The number of rotatable bonds is 5. The summed E-state index contributed by atoms with van der Waals surface area (Å²) in [6, 6.07) is 12.4. The first-order chi connectivity index (χ1) is 11.2. The van der Waals surface area contributed by atoms with E-state index < -0.39 is 11.8 Å². The smallest absolute Gasteiger partial charge is 0.329 e. The van der Waals surface area contributed by atoms with E-state index in [0.29, 0.717) is 5.69 Å². The van der Waals surface area contributed by atoms with Gasteiger partial charge in [0.15, 0.2) is 0 Å². The molecule has 0 saturated heterocycles. The highest BCUT2D eigenvalue weighted by Crippen LogP contribution is 2.09. The Morgan fingerprint density at radius 1 is 1.17 bits per heavy atom. The molecule has 1 aromatic heterocycles. The molecule has 7 nitrogen and oxygen atoms in total. The molecule has 118 valence electrons. The van der Waals surface area contributed by atoms with Crippen LogP contribution in [0.1, 0.15) is 11.3 Å². The standard InChI is InChI=1S/C16H16N4O3/c1-23-14-7-5-12(6-8-14)10-19-20-16(22)15(21)18-11-13-4-2-3-9-17-13/h2-10H,11H2,1H3,(H,18,21)(H,20,22). The minimum Gasteiger partial charge on any atom is -0.497 e. The molecule has 2 rings (SSSR count). The van der Waals surface area contributed by atoms with Gasteiger partial charge in [-0.2, -0.15) is 5.10 Å². The molecule has 0 radical (unpaired) electrons. The Labute approximate surface area is 133 Å². The lowest BCUT2D eigenvalue weighted by molar-refractivity contribution is -0.139. The highest BCUT2D eigenvalue weighted by Gasteiger charge is 2.11. The van der Waals surface area contributed by atoms with E-state index in [-0.39, 0.29) is 6.54 Å². The van der Waals surface area contributed by atoms with E-state index in [2.05, 4.69) is 20.8 Å². The zero-order chi connectivity index (χ0) is 16.5. The molecule has 1 aromatic carbocycles. The molecule has 0 aliphatic rings. The van der Waals surface area contributed by atoms with Crippen molar-refractivity contribution < 1.29 is 14.3 Å². The molecule has 0 unspecified atom stereocenters. The van der Waals surface area contributed by atoms with Crippen molar-refractivity contribution >= 4 is 18.0 Å². The van der Waals surface area contributed by atoms with Crippen LogP contribution < -0.4 is 15.5 Å². The topological polar surface area (TPSA) is 92.7 Å². The van der Waals surface area contributed by atoms with Crippen LogP contribution in [0, 0.1) is 0 Å². The first-order valence-electron chi connectivity index (χ1n) is 6.84. The lowest BCUT2D eigenvalue weighted by atomic mass is 10.2. The third-order valence-electron chi connectivity index (χ3n) is 2.86. The molecular formula is C16H16N4O3. The fraction of sp³-hybridized carbons (Fsp3) is 0.125. The predicted octanol–water partition coefficient (Wildman–Crippen LogP) is 0.857. The number of hydrogen-bond acceptors (Lipinski definition) is 5. The maximum Gasteiger partial charge on any atom is 0.329 e. The molecule has 2 amide bonds. The van der Waals surface area contributed by atoms with Gasteiger partial charge in [0.1, 0.15) is 5.75 Å². The number of methoxy groups -OCH3 is 1. The van der Waals surface area contributed by atoms with Gasteiger partial charge in [-0.25, -0.2) is 5.43 Å². The highest BCUT2D eigenvalue weighted by molar-refractivity contribution is 6.35. The summed E-state index contributed by atoms with van der Waals surface area (Å²) in [5.74, 6) is -0.895. The van der Waals surface area contributed by atoms with Gasteiger partial charge in [-0.1, -0.05) is 6.07 Å². The largest absolute Gasteiger partial charge is 0.497 e. The number of carbonyl (C=O) groups is 2. The molecule has 2 aromatic rings. The third kappa shape index (κ3) is 5.24. The normalized spacial score (nSPS) is 10.3. The van der Waals surface area contributed by atoms with E-state index >= 15 is 0 Å². The number of amides is 2. The summed E-state index contributed by atoms with van der Waals surface area (Å²) in [7, 11) is 1.58. The van der Waals surface area contributed by atoms with Crippen LogP contribution in [0.4, 0.5) is 0 Å². The molecule has 7 heteroatoms. The number of ether oxygens (including phenoxy) is 1. The number of hydrogen-bond donors (Lipinski definition) is 2. The van der Waals surface area contributed by atoms with Crippen LogP contribution in [0.15, 0.2) is 53.8 Å². The zero-order valence-corrected chi connectivity index (χ0v) is 12.5. The van der Waals surface area contributed by atoms with Crippen molar-refractivity contribution in [3.8, 4) is 5.75 Å². The summed E-state index contributed by atoms with van der Waals surface area (Å²) in [6.45, 7) is 0.176. The molecule has 0 bridgehead atoms. The van der Waals surface area contributed by atoms with Crippen molar-refractivity contribution in [1.82, 2.24) is 15.7 Å². The Bertz CT molecular complexity index is 684. The lowest BCUT2D eigenvalue weighted by Gasteiger charge is -2.03. The van der Waals surface area contributed by atoms with Crippen LogP contribution in [0.3, 0.4) is 0 Å². The van der Waals surface area contributed by atoms with Gasteiger partial charge < -0.3 is 10.1 Å². The first kappa shape index (κ1) is 16.2. The number of carbonyl (C=O) groups excluding carboxylic acids is 2. The molecule has 23 heavy (non-hydrogen) atoms. The summed E-state index contributed by atoms with van der Waals surface area (Å²) < 4.78 is 5.03. The minimum atomic E-state index is -0.842. The van der Waals surface area contributed by atoms with Gasteiger partial charge >= 0.3 is 11.8 Å². The van der Waals surface area contributed by atoms with Gasteiger partial charge in [0.05, 0.1) is 25.6 Å². The molecule has 0 saturated carbocycles. The Kier molecular flexibility index (Phi) is 5.81. The number of pyridine rings is 1. The van der Waals surface area contributed by atoms with Gasteiger partial charge in [-0.05, 0) is 42.0 Å². The fourth-order valence-corrected chi connectivity index (χ4v) is 1.66. The van der Waals surface area contributed by atoms with Gasteiger partial charge in [0.2, 0.25) is 0 Å². The summed E-state index contributed by atoms with van der Waals surface area (Å²) in [5, 5.41) is 6.19. The van der Waals surface area contributed by atoms with E-state index in [1.807, 2.05) is 0 Å². The lowest BCUT2D eigenvalue weighted by Crippen LogP contribution is -2.37. The predicted molar refractivity (Wildman–Crippen MR) is 84.8 cm³/mol. The molecule has 0 fully saturated rings.